The molecule has 0 radical (unpaired) electrons. The summed E-state index contributed by atoms with van der Waals surface area (Å²) >= 11 is 0. The molecule has 2 heterocycles. The topological polar surface area (TPSA) is 53.1 Å². The predicted molar refractivity (Wildman–Crippen MR) is 105 cm³/mol. The van der Waals surface area contributed by atoms with Crippen molar-refractivity contribution in [2.24, 2.45) is 0 Å². The molecule has 26 heavy (non-hydrogen) atoms. The molecule has 0 saturated carbocycles. The van der Waals surface area contributed by atoms with Crippen molar-refractivity contribution in [3.63, 3.8) is 0 Å². The Hall–Kier alpha value is -3.32. The lowest BCUT2D eigenvalue weighted by atomic mass is 9.99. The fraction of sp³-hybridized carbons (Fsp3) is 0.182. The summed E-state index contributed by atoms with van der Waals surface area (Å²) in [7, 11) is 0. The molecule has 0 amide bonds. The van der Waals surface area contributed by atoms with Gasteiger partial charge in [0.25, 0.3) is 0 Å². The summed E-state index contributed by atoms with van der Waals surface area (Å²) in [5, 5.41) is 13.3. The summed E-state index contributed by atoms with van der Waals surface area (Å²) in [5.74, 6) is 1.20. The van der Waals surface area contributed by atoms with Crippen molar-refractivity contribution in [3.8, 4) is 6.07 Å². The number of fused-ring (bicyclic) bond motifs is 3. The van der Waals surface area contributed by atoms with Crippen LogP contribution in [-0.4, -0.2) is 9.38 Å². The van der Waals surface area contributed by atoms with Crippen LogP contribution in [-0.2, 0) is 6.54 Å². The van der Waals surface area contributed by atoms with E-state index in [1.54, 1.807) is 0 Å². The van der Waals surface area contributed by atoms with E-state index in [0.29, 0.717) is 12.1 Å². The maximum absolute atomic E-state index is 9.77. The first kappa shape index (κ1) is 16.2. The van der Waals surface area contributed by atoms with Gasteiger partial charge in [0.05, 0.1) is 16.6 Å². The highest BCUT2D eigenvalue weighted by molar-refractivity contribution is 5.85. The second-order valence-electron chi connectivity index (χ2n) is 6.73. The quantitative estimate of drug-likeness (QED) is 0.562. The zero-order valence-corrected chi connectivity index (χ0v) is 14.9. The van der Waals surface area contributed by atoms with Crippen LogP contribution < -0.4 is 5.32 Å². The molecule has 4 aromatic rings. The molecule has 2 aromatic carbocycles. The molecule has 0 atom stereocenters. The van der Waals surface area contributed by atoms with Crippen LogP contribution in [0.1, 0.15) is 36.5 Å². The fourth-order valence-corrected chi connectivity index (χ4v) is 3.34. The third kappa shape index (κ3) is 2.68. The molecule has 0 aliphatic rings. The number of anilines is 1. The standard InChI is InChI=1S/C22H20N4/c1-15(2)17-12-21(24-14-16-8-4-3-5-9-16)26-20-11-7-6-10-19(20)25-22(26)18(17)13-23/h3-12,15,24H,14H2,1-2H3. The van der Waals surface area contributed by atoms with E-state index < -0.39 is 0 Å². The summed E-state index contributed by atoms with van der Waals surface area (Å²) in [6, 6.07) is 22.8. The van der Waals surface area contributed by atoms with Crippen LogP contribution in [0.2, 0.25) is 0 Å². The Labute approximate surface area is 152 Å². The third-order valence-electron chi connectivity index (χ3n) is 4.66. The monoisotopic (exact) mass is 340 g/mol. The zero-order valence-electron chi connectivity index (χ0n) is 14.9. The molecule has 0 fully saturated rings. The van der Waals surface area contributed by atoms with Gasteiger partial charge in [-0.2, -0.15) is 5.26 Å². The van der Waals surface area contributed by atoms with Crippen LogP contribution in [0.25, 0.3) is 16.7 Å². The number of nitrogens with one attached hydrogen (secondary N) is 1. The number of rotatable bonds is 4. The van der Waals surface area contributed by atoms with Gasteiger partial charge in [-0.05, 0) is 35.2 Å². The predicted octanol–water partition coefficient (Wildman–Crippen LogP) is 5.09. The molecule has 0 spiro atoms. The molecule has 0 unspecified atom stereocenters. The summed E-state index contributed by atoms with van der Waals surface area (Å²) < 4.78 is 2.06. The minimum absolute atomic E-state index is 0.242. The van der Waals surface area contributed by atoms with Crippen LogP contribution in [0.5, 0.6) is 0 Å². The van der Waals surface area contributed by atoms with Crippen molar-refractivity contribution in [3.05, 3.63) is 77.4 Å². The molecule has 128 valence electrons. The molecule has 1 N–H and O–H groups in total. The third-order valence-corrected chi connectivity index (χ3v) is 4.66. The lowest BCUT2D eigenvalue weighted by Gasteiger charge is -2.16. The Morgan fingerprint density at radius 2 is 1.81 bits per heavy atom. The first-order chi connectivity index (χ1) is 12.7. The smallest absolute Gasteiger partial charge is 0.157 e. The Morgan fingerprint density at radius 3 is 2.54 bits per heavy atom. The fourth-order valence-electron chi connectivity index (χ4n) is 3.34. The van der Waals surface area contributed by atoms with Gasteiger partial charge in [-0.15, -0.1) is 0 Å². The van der Waals surface area contributed by atoms with Crippen molar-refractivity contribution < 1.29 is 0 Å². The van der Waals surface area contributed by atoms with Gasteiger partial charge >= 0.3 is 0 Å². The normalized spacial score (nSPS) is 11.2. The van der Waals surface area contributed by atoms with Gasteiger partial charge < -0.3 is 5.32 Å². The zero-order chi connectivity index (χ0) is 18.1. The van der Waals surface area contributed by atoms with E-state index in [-0.39, 0.29) is 5.92 Å². The van der Waals surface area contributed by atoms with Crippen molar-refractivity contribution in [1.29, 1.82) is 5.26 Å². The van der Waals surface area contributed by atoms with E-state index in [9.17, 15) is 5.26 Å². The Bertz CT molecular complexity index is 1120. The molecule has 4 rings (SSSR count). The number of pyridine rings is 1. The van der Waals surface area contributed by atoms with Gasteiger partial charge in [-0.25, -0.2) is 4.98 Å². The highest BCUT2D eigenvalue weighted by Crippen LogP contribution is 2.30. The Balaban J connectivity index is 1.93. The number of para-hydroxylation sites is 2. The SMILES string of the molecule is CC(C)c1cc(NCc2ccccc2)n2c(nc3ccccc32)c1C#N. The molecule has 4 nitrogen and oxygen atoms in total. The Kier molecular flexibility index (Phi) is 4.06. The molecule has 2 aromatic heterocycles. The van der Waals surface area contributed by atoms with Gasteiger partial charge in [0.15, 0.2) is 5.65 Å². The summed E-state index contributed by atoms with van der Waals surface area (Å²) in [5.41, 5.74) is 5.50. The highest BCUT2D eigenvalue weighted by Gasteiger charge is 2.18. The van der Waals surface area contributed by atoms with E-state index in [1.165, 1.54) is 5.56 Å². The number of nitrogens with zero attached hydrogens (tertiary/aromatic N) is 3. The van der Waals surface area contributed by atoms with Crippen molar-refractivity contribution in [2.75, 3.05) is 5.32 Å². The van der Waals surface area contributed by atoms with Crippen molar-refractivity contribution in [1.82, 2.24) is 9.38 Å². The van der Waals surface area contributed by atoms with Gasteiger partial charge in [0.1, 0.15) is 11.9 Å². The van der Waals surface area contributed by atoms with Gasteiger partial charge in [0, 0.05) is 6.54 Å². The maximum Gasteiger partial charge on any atom is 0.157 e. The summed E-state index contributed by atoms with van der Waals surface area (Å²) in [6.45, 7) is 4.93. The highest BCUT2D eigenvalue weighted by atomic mass is 15.1. The summed E-state index contributed by atoms with van der Waals surface area (Å²) in [6.07, 6.45) is 0. The molecular formula is C22H20N4. The van der Waals surface area contributed by atoms with Crippen molar-refractivity contribution >= 4 is 22.5 Å². The molecule has 4 heteroatoms. The van der Waals surface area contributed by atoms with E-state index in [1.807, 2.05) is 42.5 Å². The number of aromatic nitrogens is 2. The lowest BCUT2D eigenvalue weighted by molar-refractivity contribution is 0.858. The van der Waals surface area contributed by atoms with Gasteiger partial charge in [-0.1, -0.05) is 56.3 Å². The van der Waals surface area contributed by atoms with E-state index in [4.69, 9.17) is 4.98 Å². The maximum atomic E-state index is 9.77. The Morgan fingerprint density at radius 1 is 1.08 bits per heavy atom. The van der Waals surface area contributed by atoms with Crippen LogP contribution in [0, 0.1) is 11.3 Å². The average molecular weight is 340 g/mol. The van der Waals surface area contributed by atoms with Crippen LogP contribution in [0.4, 0.5) is 5.82 Å². The first-order valence-corrected chi connectivity index (χ1v) is 8.81. The summed E-state index contributed by atoms with van der Waals surface area (Å²) in [4.78, 5) is 4.75. The molecule has 0 aliphatic heterocycles. The molecular weight excluding hydrogens is 320 g/mol. The number of nitriles is 1. The number of hydrogen-bond donors (Lipinski definition) is 1. The second kappa shape index (κ2) is 6.53. The minimum atomic E-state index is 0.242. The molecule has 0 aliphatic carbocycles. The van der Waals surface area contributed by atoms with E-state index in [2.05, 4.69) is 47.8 Å². The van der Waals surface area contributed by atoms with Crippen molar-refractivity contribution in [2.45, 2.75) is 26.3 Å². The van der Waals surface area contributed by atoms with Gasteiger partial charge in [0.2, 0.25) is 0 Å². The molecule has 0 bridgehead atoms. The van der Waals surface area contributed by atoms with E-state index in [0.717, 1.165) is 28.1 Å². The minimum Gasteiger partial charge on any atom is -0.367 e. The second-order valence-corrected chi connectivity index (χ2v) is 6.73. The van der Waals surface area contributed by atoms with Crippen LogP contribution in [0.15, 0.2) is 60.7 Å². The van der Waals surface area contributed by atoms with Crippen LogP contribution in [0.3, 0.4) is 0 Å². The lowest BCUT2D eigenvalue weighted by Crippen LogP contribution is -2.08. The first-order valence-electron chi connectivity index (χ1n) is 8.81. The van der Waals surface area contributed by atoms with Crippen LogP contribution >= 0.6 is 0 Å². The number of imidazole rings is 1. The largest absolute Gasteiger partial charge is 0.367 e. The number of benzene rings is 2. The number of hydrogen-bond acceptors (Lipinski definition) is 3. The van der Waals surface area contributed by atoms with E-state index >= 15 is 0 Å². The molecule has 0 saturated heterocycles. The average Bonchev–Trinajstić information content (AvgIpc) is 3.06. The van der Waals surface area contributed by atoms with Gasteiger partial charge in [-0.3, -0.25) is 4.40 Å².